The number of hydrogen-bond acceptors (Lipinski definition) is 5. The average molecular weight is 233 g/mol. The normalized spacial score (nSPS) is 27.2. The number of aromatic nitrogens is 2. The summed E-state index contributed by atoms with van der Waals surface area (Å²) in [6, 6.07) is 0. The molecule has 6 nitrogen and oxygen atoms in total. The summed E-state index contributed by atoms with van der Waals surface area (Å²) < 4.78 is 5.77. The summed E-state index contributed by atoms with van der Waals surface area (Å²) in [4.78, 5) is 10.6. The minimum absolute atomic E-state index is 0.0499. The van der Waals surface area contributed by atoms with Gasteiger partial charge in [0.2, 0.25) is 0 Å². The molecule has 2 bridgehead atoms. The Bertz CT molecular complexity index is 420. The minimum atomic E-state index is -0.0499. The van der Waals surface area contributed by atoms with Gasteiger partial charge in [0, 0.05) is 13.1 Å². The fourth-order valence-electron chi connectivity index (χ4n) is 2.43. The van der Waals surface area contributed by atoms with E-state index < -0.39 is 0 Å². The molecule has 2 aliphatic heterocycles. The number of nitrogens with one attached hydrogen (secondary N) is 1. The second-order valence-electron chi connectivity index (χ2n) is 4.54. The van der Waals surface area contributed by atoms with Crippen molar-refractivity contribution in [3.8, 4) is 0 Å². The van der Waals surface area contributed by atoms with Crippen LogP contribution in [0.3, 0.4) is 0 Å². The lowest BCUT2D eigenvalue weighted by Gasteiger charge is -2.32. The van der Waals surface area contributed by atoms with Crippen molar-refractivity contribution in [2.24, 2.45) is 5.73 Å². The number of morpholine rings is 1. The van der Waals surface area contributed by atoms with Crippen molar-refractivity contribution in [3.63, 3.8) is 0 Å². The van der Waals surface area contributed by atoms with Crippen LogP contribution in [-0.4, -0.2) is 41.1 Å². The monoisotopic (exact) mass is 233 g/mol. The molecule has 2 fully saturated rings. The van der Waals surface area contributed by atoms with Gasteiger partial charge in [0.05, 0.1) is 24.6 Å². The first-order chi connectivity index (χ1) is 8.22. The van der Waals surface area contributed by atoms with E-state index in [4.69, 9.17) is 15.9 Å². The van der Waals surface area contributed by atoms with E-state index >= 15 is 0 Å². The third-order valence-electron chi connectivity index (χ3n) is 3.28. The van der Waals surface area contributed by atoms with Crippen LogP contribution in [-0.2, 0) is 4.74 Å². The molecule has 1 aromatic heterocycles. The highest BCUT2D eigenvalue weighted by Crippen LogP contribution is 2.28. The summed E-state index contributed by atoms with van der Waals surface area (Å²) in [6.45, 7) is 1.76. The van der Waals surface area contributed by atoms with Gasteiger partial charge in [0.25, 0.3) is 0 Å². The van der Waals surface area contributed by atoms with Crippen LogP contribution in [0.1, 0.15) is 18.5 Å². The number of anilines is 1. The Morgan fingerprint density at radius 1 is 1.29 bits per heavy atom. The van der Waals surface area contributed by atoms with Gasteiger partial charge in [-0.3, -0.25) is 5.41 Å². The summed E-state index contributed by atoms with van der Waals surface area (Å²) in [5.41, 5.74) is 5.76. The van der Waals surface area contributed by atoms with E-state index in [1.165, 1.54) is 0 Å². The zero-order chi connectivity index (χ0) is 11.8. The molecule has 3 heterocycles. The summed E-state index contributed by atoms with van der Waals surface area (Å²) >= 11 is 0. The molecule has 2 unspecified atom stereocenters. The van der Waals surface area contributed by atoms with Crippen LogP contribution in [0, 0.1) is 5.41 Å². The van der Waals surface area contributed by atoms with Crippen molar-refractivity contribution in [2.45, 2.75) is 25.0 Å². The van der Waals surface area contributed by atoms with E-state index in [0.29, 0.717) is 17.9 Å². The molecule has 2 saturated heterocycles. The average Bonchev–Trinajstić information content (AvgIpc) is 2.68. The highest BCUT2D eigenvalue weighted by Gasteiger charge is 2.34. The van der Waals surface area contributed by atoms with Crippen molar-refractivity contribution in [3.05, 3.63) is 18.1 Å². The van der Waals surface area contributed by atoms with Gasteiger partial charge in [0.1, 0.15) is 17.3 Å². The fourth-order valence-corrected chi connectivity index (χ4v) is 2.43. The molecule has 0 aliphatic carbocycles. The molecule has 0 spiro atoms. The zero-order valence-corrected chi connectivity index (χ0v) is 9.47. The lowest BCUT2D eigenvalue weighted by Crippen LogP contribution is -2.43. The van der Waals surface area contributed by atoms with Gasteiger partial charge in [-0.1, -0.05) is 0 Å². The summed E-state index contributed by atoms with van der Waals surface area (Å²) in [5.74, 6) is 0.793. The Kier molecular flexibility index (Phi) is 2.44. The molecule has 1 aromatic rings. The van der Waals surface area contributed by atoms with Crippen molar-refractivity contribution in [1.82, 2.24) is 9.97 Å². The second-order valence-corrected chi connectivity index (χ2v) is 4.54. The van der Waals surface area contributed by atoms with Crippen LogP contribution in [0.15, 0.2) is 12.4 Å². The standard InChI is InChI=1S/C11H15N5O/c12-11(13)9-3-15-10(4-14-9)16-5-7-1-2-8(6-16)17-7/h3-4,7-8H,1-2,5-6H2,(H3,12,13). The number of fused-ring (bicyclic) bond motifs is 2. The maximum atomic E-state index is 7.27. The van der Waals surface area contributed by atoms with E-state index in [1.54, 1.807) is 12.4 Å². The minimum Gasteiger partial charge on any atom is -0.382 e. The quantitative estimate of drug-likeness (QED) is 0.560. The van der Waals surface area contributed by atoms with Gasteiger partial charge in [-0.2, -0.15) is 0 Å². The molecule has 0 radical (unpaired) electrons. The highest BCUT2D eigenvalue weighted by atomic mass is 16.5. The SMILES string of the molecule is N=C(N)c1cnc(N2CC3CCC(C2)O3)cn1. The molecule has 90 valence electrons. The van der Waals surface area contributed by atoms with Crippen LogP contribution in [0.25, 0.3) is 0 Å². The molecule has 17 heavy (non-hydrogen) atoms. The van der Waals surface area contributed by atoms with E-state index in [9.17, 15) is 0 Å². The number of rotatable bonds is 2. The zero-order valence-electron chi connectivity index (χ0n) is 9.47. The number of hydrogen-bond donors (Lipinski definition) is 2. The van der Waals surface area contributed by atoms with Crippen LogP contribution in [0.4, 0.5) is 5.82 Å². The number of nitrogen functional groups attached to an aromatic ring is 1. The van der Waals surface area contributed by atoms with E-state index in [-0.39, 0.29) is 5.84 Å². The van der Waals surface area contributed by atoms with Gasteiger partial charge >= 0.3 is 0 Å². The Balaban J connectivity index is 1.78. The molecular weight excluding hydrogens is 218 g/mol. The molecule has 2 atom stereocenters. The molecule has 3 N–H and O–H groups in total. The van der Waals surface area contributed by atoms with Gasteiger partial charge in [-0.05, 0) is 12.8 Å². The molecule has 0 aromatic carbocycles. The van der Waals surface area contributed by atoms with Crippen molar-refractivity contribution >= 4 is 11.7 Å². The third-order valence-corrected chi connectivity index (χ3v) is 3.28. The second kappa shape index (κ2) is 3.96. The molecule has 2 aliphatic rings. The first-order valence-corrected chi connectivity index (χ1v) is 5.79. The maximum Gasteiger partial charge on any atom is 0.147 e. The molecule has 6 heteroatoms. The smallest absolute Gasteiger partial charge is 0.147 e. The number of nitrogens with two attached hydrogens (primary N) is 1. The molecule has 3 rings (SSSR count). The predicted molar refractivity (Wildman–Crippen MR) is 63.2 cm³/mol. The molecule has 0 saturated carbocycles. The fraction of sp³-hybridized carbons (Fsp3) is 0.545. The predicted octanol–water partition coefficient (Wildman–Crippen LogP) is 0.128. The molecule has 0 amide bonds. The lowest BCUT2D eigenvalue weighted by molar-refractivity contribution is 0.0302. The molecular formula is C11H15N5O. The van der Waals surface area contributed by atoms with Crippen molar-refractivity contribution in [2.75, 3.05) is 18.0 Å². The Labute approximate surface area is 99.3 Å². The summed E-state index contributed by atoms with van der Waals surface area (Å²) in [6.07, 6.45) is 6.18. The van der Waals surface area contributed by atoms with Gasteiger partial charge in [-0.15, -0.1) is 0 Å². The third kappa shape index (κ3) is 1.95. The summed E-state index contributed by atoms with van der Waals surface area (Å²) in [5, 5.41) is 7.27. The van der Waals surface area contributed by atoms with Gasteiger partial charge in [-0.25, -0.2) is 9.97 Å². The van der Waals surface area contributed by atoms with Crippen molar-refractivity contribution in [1.29, 1.82) is 5.41 Å². The van der Waals surface area contributed by atoms with Crippen LogP contribution in [0.2, 0.25) is 0 Å². The number of amidine groups is 1. The van der Waals surface area contributed by atoms with E-state index in [0.717, 1.165) is 31.7 Å². The largest absolute Gasteiger partial charge is 0.382 e. The first kappa shape index (κ1) is 10.5. The van der Waals surface area contributed by atoms with Crippen molar-refractivity contribution < 1.29 is 4.74 Å². The van der Waals surface area contributed by atoms with Crippen LogP contribution in [0.5, 0.6) is 0 Å². The topological polar surface area (TPSA) is 88.1 Å². The maximum absolute atomic E-state index is 7.27. The number of nitrogens with zero attached hydrogens (tertiary/aromatic N) is 3. The number of ether oxygens (including phenoxy) is 1. The highest BCUT2D eigenvalue weighted by molar-refractivity contribution is 5.92. The van der Waals surface area contributed by atoms with Crippen LogP contribution >= 0.6 is 0 Å². The lowest BCUT2D eigenvalue weighted by atomic mass is 10.2. The van der Waals surface area contributed by atoms with Gasteiger partial charge in [0.15, 0.2) is 0 Å². The van der Waals surface area contributed by atoms with Crippen LogP contribution < -0.4 is 10.6 Å². The Morgan fingerprint density at radius 3 is 2.53 bits per heavy atom. The Morgan fingerprint density at radius 2 is 2.00 bits per heavy atom. The first-order valence-electron chi connectivity index (χ1n) is 5.79. The van der Waals surface area contributed by atoms with E-state index in [2.05, 4.69) is 14.9 Å². The van der Waals surface area contributed by atoms with Gasteiger partial charge < -0.3 is 15.4 Å². The van der Waals surface area contributed by atoms with E-state index in [1.807, 2.05) is 0 Å². The Hall–Kier alpha value is -1.69. The summed E-state index contributed by atoms with van der Waals surface area (Å²) in [7, 11) is 0.